The standard InChI is InChI=1S/C14H25NO2/c1-14(2,4-5-17-3)9-15-13(16)12-7-10-6-11(10)8-12/h10-12H,4-9H2,1-3H3,(H,15,16). The van der Waals surface area contributed by atoms with Gasteiger partial charge in [-0.25, -0.2) is 0 Å². The van der Waals surface area contributed by atoms with E-state index in [1.54, 1.807) is 7.11 Å². The Morgan fingerprint density at radius 2 is 1.94 bits per heavy atom. The lowest BCUT2D eigenvalue weighted by Crippen LogP contribution is -2.37. The Balaban J connectivity index is 1.68. The minimum absolute atomic E-state index is 0.132. The third-order valence-corrected chi connectivity index (χ3v) is 4.34. The molecule has 2 aliphatic rings. The number of hydrogen-bond donors (Lipinski definition) is 1. The highest BCUT2D eigenvalue weighted by atomic mass is 16.5. The summed E-state index contributed by atoms with van der Waals surface area (Å²) in [6.45, 7) is 5.88. The van der Waals surface area contributed by atoms with Gasteiger partial charge in [-0.3, -0.25) is 4.79 Å². The van der Waals surface area contributed by atoms with Gasteiger partial charge in [0, 0.05) is 26.2 Å². The highest BCUT2D eigenvalue weighted by Gasteiger charge is 2.47. The van der Waals surface area contributed by atoms with Gasteiger partial charge in [0.05, 0.1) is 0 Å². The lowest BCUT2D eigenvalue weighted by Gasteiger charge is -2.25. The van der Waals surface area contributed by atoms with Gasteiger partial charge >= 0.3 is 0 Å². The molecule has 2 rings (SSSR count). The molecule has 0 spiro atoms. The quantitative estimate of drug-likeness (QED) is 0.772. The average molecular weight is 239 g/mol. The monoisotopic (exact) mass is 239 g/mol. The van der Waals surface area contributed by atoms with Crippen LogP contribution in [0.4, 0.5) is 0 Å². The molecule has 0 aromatic carbocycles. The van der Waals surface area contributed by atoms with Crippen molar-refractivity contribution in [2.75, 3.05) is 20.3 Å². The van der Waals surface area contributed by atoms with Crippen LogP contribution in [0.3, 0.4) is 0 Å². The summed E-state index contributed by atoms with van der Waals surface area (Å²) in [6.07, 6.45) is 4.63. The van der Waals surface area contributed by atoms with E-state index in [0.717, 1.165) is 44.2 Å². The summed E-state index contributed by atoms with van der Waals surface area (Å²) in [5.41, 5.74) is 0.132. The second kappa shape index (κ2) is 4.97. The molecule has 2 atom stereocenters. The molecule has 1 amide bonds. The van der Waals surface area contributed by atoms with Gasteiger partial charge in [0.15, 0.2) is 0 Å². The van der Waals surface area contributed by atoms with E-state index in [9.17, 15) is 4.79 Å². The van der Waals surface area contributed by atoms with Crippen molar-refractivity contribution in [1.29, 1.82) is 0 Å². The molecule has 0 bridgehead atoms. The van der Waals surface area contributed by atoms with Gasteiger partial charge in [0.2, 0.25) is 5.91 Å². The van der Waals surface area contributed by atoms with Crippen LogP contribution < -0.4 is 5.32 Å². The maximum Gasteiger partial charge on any atom is 0.223 e. The number of methoxy groups -OCH3 is 1. The predicted octanol–water partition coefficient (Wildman–Crippen LogP) is 2.21. The second-order valence-electron chi connectivity index (χ2n) is 6.55. The van der Waals surface area contributed by atoms with E-state index in [1.165, 1.54) is 6.42 Å². The Morgan fingerprint density at radius 3 is 2.53 bits per heavy atom. The number of nitrogens with one attached hydrogen (secondary N) is 1. The first kappa shape index (κ1) is 12.9. The van der Waals surface area contributed by atoms with Crippen LogP contribution in [-0.2, 0) is 9.53 Å². The van der Waals surface area contributed by atoms with Crippen molar-refractivity contribution in [2.45, 2.75) is 39.5 Å². The molecule has 0 heterocycles. The molecule has 2 fully saturated rings. The molecule has 0 aromatic rings. The molecule has 0 radical (unpaired) electrons. The van der Waals surface area contributed by atoms with Gasteiger partial charge in [-0.1, -0.05) is 13.8 Å². The fourth-order valence-electron chi connectivity index (χ4n) is 2.87. The van der Waals surface area contributed by atoms with Gasteiger partial charge in [-0.2, -0.15) is 0 Å². The van der Waals surface area contributed by atoms with Crippen molar-refractivity contribution >= 4 is 5.91 Å². The van der Waals surface area contributed by atoms with Crippen molar-refractivity contribution in [1.82, 2.24) is 5.32 Å². The molecular weight excluding hydrogens is 214 g/mol. The Labute approximate surface area is 104 Å². The van der Waals surface area contributed by atoms with Crippen LogP contribution in [0.15, 0.2) is 0 Å². The number of fused-ring (bicyclic) bond motifs is 1. The Morgan fingerprint density at radius 1 is 1.29 bits per heavy atom. The van der Waals surface area contributed by atoms with Crippen molar-refractivity contribution in [2.24, 2.45) is 23.2 Å². The van der Waals surface area contributed by atoms with Crippen LogP contribution in [0.5, 0.6) is 0 Å². The molecule has 0 aliphatic heterocycles. The molecule has 17 heavy (non-hydrogen) atoms. The number of amides is 1. The van der Waals surface area contributed by atoms with Crippen LogP contribution in [-0.4, -0.2) is 26.2 Å². The molecule has 2 unspecified atom stereocenters. The van der Waals surface area contributed by atoms with Gasteiger partial charge in [0.1, 0.15) is 0 Å². The number of rotatable bonds is 6. The largest absolute Gasteiger partial charge is 0.385 e. The first-order chi connectivity index (χ1) is 8.02. The number of carbonyl (C=O) groups is 1. The summed E-state index contributed by atoms with van der Waals surface area (Å²) in [4.78, 5) is 12.0. The van der Waals surface area contributed by atoms with Gasteiger partial charge in [-0.15, -0.1) is 0 Å². The molecule has 2 aliphatic carbocycles. The van der Waals surface area contributed by atoms with E-state index >= 15 is 0 Å². The van der Waals surface area contributed by atoms with Crippen LogP contribution in [0.25, 0.3) is 0 Å². The Kier molecular flexibility index (Phi) is 3.76. The smallest absolute Gasteiger partial charge is 0.223 e. The fraction of sp³-hybridized carbons (Fsp3) is 0.929. The summed E-state index contributed by atoms with van der Waals surface area (Å²) in [7, 11) is 1.72. The van der Waals surface area contributed by atoms with E-state index in [1.807, 2.05) is 0 Å². The first-order valence-corrected chi connectivity index (χ1v) is 6.78. The highest BCUT2D eigenvalue weighted by molar-refractivity contribution is 5.79. The SMILES string of the molecule is COCCC(C)(C)CNC(=O)C1CC2CC2C1. The third-order valence-electron chi connectivity index (χ3n) is 4.34. The normalized spacial score (nSPS) is 31.1. The molecule has 0 aromatic heterocycles. The van der Waals surface area contributed by atoms with E-state index in [4.69, 9.17) is 4.74 Å². The lowest BCUT2D eigenvalue weighted by atomic mass is 9.89. The minimum Gasteiger partial charge on any atom is -0.385 e. The summed E-state index contributed by atoms with van der Waals surface area (Å²) in [5, 5.41) is 3.12. The Bertz CT molecular complexity index is 278. The van der Waals surface area contributed by atoms with Crippen LogP contribution >= 0.6 is 0 Å². The van der Waals surface area contributed by atoms with Crippen molar-refractivity contribution in [3.8, 4) is 0 Å². The molecule has 3 heteroatoms. The first-order valence-electron chi connectivity index (χ1n) is 6.78. The number of ether oxygens (including phenoxy) is 1. The second-order valence-corrected chi connectivity index (χ2v) is 6.55. The van der Waals surface area contributed by atoms with Gasteiger partial charge in [-0.05, 0) is 42.9 Å². The summed E-state index contributed by atoms with van der Waals surface area (Å²) in [6, 6.07) is 0. The van der Waals surface area contributed by atoms with Crippen molar-refractivity contribution < 1.29 is 9.53 Å². The number of hydrogen-bond acceptors (Lipinski definition) is 2. The van der Waals surface area contributed by atoms with E-state index < -0.39 is 0 Å². The summed E-state index contributed by atoms with van der Waals surface area (Å²) >= 11 is 0. The fourth-order valence-corrected chi connectivity index (χ4v) is 2.87. The third kappa shape index (κ3) is 3.44. The van der Waals surface area contributed by atoms with Crippen LogP contribution in [0.1, 0.15) is 39.5 Å². The zero-order valence-corrected chi connectivity index (χ0v) is 11.3. The molecule has 3 nitrogen and oxygen atoms in total. The Hall–Kier alpha value is -0.570. The van der Waals surface area contributed by atoms with Gasteiger partial charge in [0.25, 0.3) is 0 Å². The minimum atomic E-state index is 0.132. The van der Waals surface area contributed by atoms with Crippen molar-refractivity contribution in [3.05, 3.63) is 0 Å². The molecule has 98 valence electrons. The summed E-state index contributed by atoms with van der Waals surface area (Å²) < 4.78 is 5.09. The van der Waals surface area contributed by atoms with E-state index in [2.05, 4.69) is 19.2 Å². The van der Waals surface area contributed by atoms with E-state index in [0.29, 0.717) is 5.92 Å². The zero-order valence-electron chi connectivity index (χ0n) is 11.3. The van der Waals surface area contributed by atoms with E-state index in [-0.39, 0.29) is 11.3 Å². The zero-order chi connectivity index (χ0) is 12.5. The molecule has 2 saturated carbocycles. The lowest BCUT2D eigenvalue weighted by molar-refractivity contribution is -0.125. The van der Waals surface area contributed by atoms with Crippen LogP contribution in [0.2, 0.25) is 0 Å². The number of carbonyl (C=O) groups excluding carboxylic acids is 1. The molecular formula is C14H25NO2. The van der Waals surface area contributed by atoms with Crippen LogP contribution in [0, 0.1) is 23.2 Å². The summed E-state index contributed by atoms with van der Waals surface area (Å²) in [5.74, 6) is 2.35. The van der Waals surface area contributed by atoms with Gasteiger partial charge < -0.3 is 10.1 Å². The van der Waals surface area contributed by atoms with Crippen molar-refractivity contribution in [3.63, 3.8) is 0 Å². The molecule has 0 saturated heterocycles. The maximum absolute atomic E-state index is 12.0. The topological polar surface area (TPSA) is 38.3 Å². The highest BCUT2D eigenvalue weighted by Crippen LogP contribution is 2.54. The average Bonchev–Trinajstić information content (AvgIpc) is 2.91. The predicted molar refractivity (Wildman–Crippen MR) is 67.6 cm³/mol. The molecule has 1 N–H and O–H groups in total. The maximum atomic E-state index is 12.0.